The fraction of sp³-hybridized carbons (Fsp3) is 0.118. The van der Waals surface area contributed by atoms with Gasteiger partial charge in [0.15, 0.2) is 5.82 Å². The summed E-state index contributed by atoms with van der Waals surface area (Å²) in [6.07, 6.45) is 4.28. The number of pyridine rings is 1. The average molecular weight is 312 g/mol. The lowest BCUT2D eigenvalue weighted by Gasteiger charge is -2.07. The predicted molar refractivity (Wildman–Crippen MR) is 88.9 cm³/mol. The normalized spacial score (nSPS) is 9.65. The molecule has 0 radical (unpaired) electrons. The maximum Gasteiger partial charge on any atom is 0.212 e. The van der Waals surface area contributed by atoms with Crippen LogP contribution in [0.1, 0.15) is 12.6 Å². The van der Waals surface area contributed by atoms with Crippen LogP contribution in [0.15, 0.2) is 42.7 Å². The molecule has 0 saturated carbocycles. The summed E-state index contributed by atoms with van der Waals surface area (Å²) in [5.74, 6) is 0.504. The Bertz CT molecular complexity index is 886. The molecule has 0 aliphatic carbocycles. The maximum absolute atomic E-state index is 10.5. The van der Waals surface area contributed by atoms with E-state index in [1.165, 1.54) is 0 Å². The molecule has 0 saturated heterocycles. The monoisotopic (exact) mass is 312 g/mol. The van der Waals surface area contributed by atoms with Gasteiger partial charge in [0.2, 0.25) is 6.41 Å². The molecule has 0 fully saturated rings. The molecule has 0 aliphatic rings. The van der Waals surface area contributed by atoms with Crippen molar-refractivity contribution in [1.29, 1.82) is 5.26 Å². The predicted octanol–water partition coefficient (Wildman–Crippen LogP) is 3.58. The first kappa shape index (κ1) is 16.2. The van der Waals surface area contributed by atoms with E-state index in [0.717, 1.165) is 22.3 Å². The number of hydrogen-bond donors (Lipinski definition) is 1. The number of nitrogens with zero attached hydrogens (tertiary/aromatic N) is 3. The molecule has 3 rings (SSSR count). The minimum Gasteiger partial charge on any atom is -0.312 e. The fourth-order valence-corrected chi connectivity index (χ4v) is 2.28. The molecule has 2 aromatic heterocycles. The number of aryl methyl sites for hydroxylation is 1. The Morgan fingerprint density at radius 2 is 2.09 bits per heavy atom. The molecular formula is C17H17FN4O. The molecule has 0 aliphatic heterocycles. The van der Waals surface area contributed by atoms with Crippen LogP contribution in [0.25, 0.3) is 16.8 Å². The zero-order valence-corrected chi connectivity index (χ0v) is 12.7. The summed E-state index contributed by atoms with van der Waals surface area (Å²) in [4.78, 5) is 14.7. The Morgan fingerprint density at radius 3 is 2.78 bits per heavy atom. The topological polar surface area (TPSA) is 70.2 Å². The molecule has 0 spiro atoms. The van der Waals surface area contributed by atoms with E-state index in [1.54, 1.807) is 12.3 Å². The van der Waals surface area contributed by atoms with E-state index < -0.39 is 0 Å². The van der Waals surface area contributed by atoms with E-state index in [9.17, 15) is 9.18 Å². The third kappa shape index (κ3) is 3.35. The Hall–Kier alpha value is -3.20. The standard InChI is InChI=1S/C16H12N4O.CH3F.H2/c1-11-2-3-12(7-17)6-14(11)13-4-5-16-19-15(18-10-21)9-20(16)8-13;1-2;/h2-6,8-10H,1H3,(H,18,21);1H3;1H. The van der Waals surface area contributed by atoms with Crippen molar-refractivity contribution in [3.05, 3.63) is 53.9 Å². The number of carbonyl (C=O) groups is 1. The molecule has 0 bridgehead atoms. The highest BCUT2D eigenvalue weighted by atomic mass is 19.1. The smallest absolute Gasteiger partial charge is 0.212 e. The number of rotatable bonds is 3. The number of halogens is 1. The number of imidazole rings is 1. The SMILES string of the molecule is CF.Cc1ccc(C#N)cc1-c1ccc2nc(NC=O)cn2c1.[HH]. The summed E-state index contributed by atoms with van der Waals surface area (Å²) < 4.78 is 11.3. The van der Waals surface area contributed by atoms with Gasteiger partial charge < -0.3 is 9.72 Å². The van der Waals surface area contributed by atoms with Crippen molar-refractivity contribution in [1.82, 2.24) is 9.38 Å². The molecule has 1 amide bonds. The highest BCUT2D eigenvalue weighted by molar-refractivity contribution is 5.72. The van der Waals surface area contributed by atoms with Gasteiger partial charge in [0.05, 0.1) is 25.0 Å². The largest absolute Gasteiger partial charge is 0.312 e. The van der Waals surface area contributed by atoms with Gasteiger partial charge in [0, 0.05) is 7.62 Å². The van der Waals surface area contributed by atoms with Crippen molar-refractivity contribution >= 4 is 17.9 Å². The van der Waals surface area contributed by atoms with Crippen LogP contribution in [0.5, 0.6) is 0 Å². The maximum atomic E-state index is 10.5. The second-order valence-corrected chi connectivity index (χ2v) is 4.71. The molecule has 3 aromatic rings. The molecule has 118 valence electrons. The minimum absolute atomic E-state index is 0. The average Bonchev–Trinajstić information content (AvgIpc) is 2.99. The Morgan fingerprint density at radius 1 is 1.30 bits per heavy atom. The van der Waals surface area contributed by atoms with Crippen LogP contribution in [0.2, 0.25) is 0 Å². The number of amides is 1. The van der Waals surface area contributed by atoms with E-state index in [-0.39, 0.29) is 1.43 Å². The Kier molecular flexibility index (Phi) is 5.05. The lowest BCUT2D eigenvalue weighted by atomic mass is 10.00. The van der Waals surface area contributed by atoms with Crippen LogP contribution in [0.3, 0.4) is 0 Å². The van der Waals surface area contributed by atoms with Crippen molar-refractivity contribution in [3.8, 4) is 17.2 Å². The highest BCUT2D eigenvalue weighted by Gasteiger charge is 2.06. The summed E-state index contributed by atoms with van der Waals surface area (Å²) >= 11 is 0. The number of fused-ring (bicyclic) bond motifs is 1. The zero-order chi connectivity index (χ0) is 16.8. The molecular weight excluding hydrogens is 295 g/mol. The minimum atomic E-state index is 0. The van der Waals surface area contributed by atoms with Gasteiger partial charge in [0.25, 0.3) is 0 Å². The summed E-state index contributed by atoms with van der Waals surface area (Å²) in [5, 5.41) is 11.6. The van der Waals surface area contributed by atoms with Gasteiger partial charge in [-0.1, -0.05) is 6.07 Å². The number of aromatic nitrogens is 2. The number of benzene rings is 1. The molecule has 2 heterocycles. The number of nitriles is 1. The van der Waals surface area contributed by atoms with Crippen molar-refractivity contribution in [2.75, 3.05) is 12.5 Å². The molecule has 0 atom stereocenters. The third-order valence-electron chi connectivity index (χ3n) is 3.34. The molecule has 1 N–H and O–H groups in total. The second-order valence-electron chi connectivity index (χ2n) is 4.71. The molecule has 6 heteroatoms. The summed E-state index contributed by atoms with van der Waals surface area (Å²) in [6, 6.07) is 11.6. The van der Waals surface area contributed by atoms with E-state index >= 15 is 0 Å². The van der Waals surface area contributed by atoms with E-state index in [4.69, 9.17) is 5.26 Å². The van der Waals surface area contributed by atoms with Crippen LogP contribution in [-0.2, 0) is 4.79 Å². The van der Waals surface area contributed by atoms with Crippen LogP contribution in [0.4, 0.5) is 10.2 Å². The third-order valence-corrected chi connectivity index (χ3v) is 3.34. The van der Waals surface area contributed by atoms with Gasteiger partial charge in [-0.25, -0.2) is 4.98 Å². The van der Waals surface area contributed by atoms with Crippen molar-refractivity contribution in [2.24, 2.45) is 0 Å². The summed E-state index contributed by atoms with van der Waals surface area (Å²) in [7, 11) is 0.500. The van der Waals surface area contributed by atoms with Crippen molar-refractivity contribution < 1.29 is 10.6 Å². The molecule has 5 nitrogen and oxygen atoms in total. The van der Waals surface area contributed by atoms with Gasteiger partial charge in [-0.3, -0.25) is 9.18 Å². The Balaban J connectivity index is 0.000000925. The molecule has 23 heavy (non-hydrogen) atoms. The zero-order valence-electron chi connectivity index (χ0n) is 12.7. The lowest BCUT2D eigenvalue weighted by molar-refractivity contribution is -0.105. The number of alkyl halides is 1. The number of anilines is 1. The quantitative estimate of drug-likeness (QED) is 0.751. The van der Waals surface area contributed by atoms with Gasteiger partial charge >= 0.3 is 0 Å². The van der Waals surface area contributed by atoms with Crippen LogP contribution in [-0.4, -0.2) is 23.0 Å². The van der Waals surface area contributed by atoms with E-state index in [0.29, 0.717) is 25.0 Å². The first-order valence-corrected chi connectivity index (χ1v) is 6.79. The number of hydrogen-bond acceptors (Lipinski definition) is 3. The van der Waals surface area contributed by atoms with E-state index in [1.807, 2.05) is 41.8 Å². The first-order chi connectivity index (χ1) is 11.2. The van der Waals surface area contributed by atoms with Gasteiger partial charge in [0.1, 0.15) is 5.65 Å². The highest BCUT2D eigenvalue weighted by Crippen LogP contribution is 2.25. The van der Waals surface area contributed by atoms with Crippen LogP contribution < -0.4 is 5.32 Å². The fourth-order valence-electron chi connectivity index (χ4n) is 2.28. The summed E-state index contributed by atoms with van der Waals surface area (Å²) in [5.41, 5.74) is 4.48. The number of carbonyl (C=O) groups excluding carboxylic acids is 1. The van der Waals surface area contributed by atoms with Crippen molar-refractivity contribution in [3.63, 3.8) is 0 Å². The van der Waals surface area contributed by atoms with Crippen LogP contribution in [0, 0.1) is 18.3 Å². The number of nitrogens with one attached hydrogen (secondary N) is 1. The Labute approximate surface area is 134 Å². The first-order valence-electron chi connectivity index (χ1n) is 6.79. The second kappa shape index (κ2) is 7.18. The summed E-state index contributed by atoms with van der Waals surface area (Å²) in [6.45, 7) is 2.01. The van der Waals surface area contributed by atoms with Crippen molar-refractivity contribution in [2.45, 2.75) is 6.92 Å². The van der Waals surface area contributed by atoms with Crippen LogP contribution >= 0.6 is 0 Å². The molecule has 0 unspecified atom stereocenters. The van der Waals surface area contributed by atoms with Gasteiger partial charge in [-0.2, -0.15) is 5.26 Å². The molecule has 1 aromatic carbocycles. The van der Waals surface area contributed by atoms with Gasteiger partial charge in [-0.05, 0) is 47.9 Å². The van der Waals surface area contributed by atoms with E-state index in [2.05, 4.69) is 16.4 Å². The van der Waals surface area contributed by atoms with Gasteiger partial charge in [-0.15, -0.1) is 0 Å². The lowest BCUT2D eigenvalue weighted by Crippen LogP contribution is -1.92.